The lowest BCUT2D eigenvalue weighted by molar-refractivity contribution is 0.0827. The Hall–Kier alpha value is -4.40. The van der Waals surface area contributed by atoms with Crippen LogP contribution in [0.4, 0.5) is 0 Å². The summed E-state index contributed by atoms with van der Waals surface area (Å²) in [6, 6.07) is 11.1. The highest BCUT2D eigenvalue weighted by Crippen LogP contribution is 2.25. The van der Waals surface area contributed by atoms with Gasteiger partial charge in [-0.1, -0.05) is 29.4 Å². The fraction of sp³-hybridized carbons (Fsp3) is 0.167. The van der Waals surface area contributed by atoms with Crippen molar-refractivity contribution in [1.82, 2.24) is 30.3 Å². The molecular weight excluding hydrogens is 420 g/mol. The number of carbonyl (C=O) groups excluding carboxylic acids is 2. The van der Waals surface area contributed by atoms with Crippen LogP contribution in [0.15, 0.2) is 65.8 Å². The van der Waals surface area contributed by atoms with Gasteiger partial charge in [-0.05, 0) is 24.6 Å². The van der Waals surface area contributed by atoms with Gasteiger partial charge in [0.2, 0.25) is 0 Å². The Morgan fingerprint density at radius 3 is 2.48 bits per heavy atom. The Morgan fingerprint density at radius 1 is 1.00 bits per heavy atom. The number of hydrogen-bond acceptors (Lipinski definition) is 7. The van der Waals surface area contributed by atoms with Crippen molar-refractivity contribution in [1.29, 1.82) is 0 Å². The predicted molar refractivity (Wildman–Crippen MR) is 121 cm³/mol. The van der Waals surface area contributed by atoms with Gasteiger partial charge in [0.1, 0.15) is 23.3 Å². The quantitative estimate of drug-likeness (QED) is 0.488. The van der Waals surface area contributed by atoms with Crippen LogP contribution in [0.3, 0.4) is 0 Å². The number of rotatable bonds is 6. The Bertz CT molecular complexity index is 1280. The van der Waals surface area contributed by atoms with Crippen LogP contribution in [0.5, 0.6) is 0 Å². The van der Waals surface area contributed by atoms with E-state index in [1.54, 1.807) is 39.5 Å². The van der Waals surface area contributed by atoms with Gasteiger partial charge < -0.3 is 14.7 Å². The van der Waals surface area contributed by atoms with Gasteiger partial charge in [-0.2, -0.15) is 0 Å². The van der Waals surface area contributed by atoms with Crippen molar-refractivity contribution in [2.75, 3.05) is 14.1 Å². The second kappa shape index (κ2) is 9.39. The SMILES string of the molecule is Cc1onc(-c2cccnc2)c1C(=O)NCc1ccc(-c2ncncc2C(=O)N(C)C)cc1. The van der Waals surface area contributed by atoms with E-state index in [-0.39, 0.29) is 11.8 Å². The third kappa shape index (κ3) is 4.62. The van der Waals surface area contributed by atoms with Crippen LogP contribution < -0.4 is 5.32 Å². The van der Waals surface area contributed by atoms with Gasteiger partial charge in [0.25, 0.3) is 11.8 Å². The van der Waals surface area contributed by atoms with Gasteiger partial charge in [0.15, 0.2) is 0 Å². The van der Waals surface area contributed by atoms with Crippen LogP contribution in [0.25, 0.3) is 22.5 Å². The summed E-state index contributed by atoms with van der Waals surface area (Å²) in [6.07, 6.45) is 6.22. The lowest BCUT2D eigenvalue weighted by Gasteiger charge is -2.13. The molecular formula is C24H22N6O3. The first-order valence-electron chi connectivity index (χ1n) is 10.2. The molecule has 0 fully saturated rings. The molecule has 166 valence electrons. The molecule has 0 atom stereocenters. The minimum absolute atomic E-state index is 0.171. The second-order valence-electron chi connectivity index (χ2n) is 7.57. The summed E-state index contributed by atoms with van der Waals surface area (Å²) >= 11 is 0. The molecule has 3 aromatic heterocycles. The highest BCUT2D eigenvalue weighted by molar-refractivity contribution is 6.01. The van der Waals surface area contributed by atoms with Crippen molar-refractivity contribution in [3.05, 3.63) is 83.8 Å². The molecule has 0 radical (unpaired) electrons. The number of pyridine rings is 1. The third-order valence-corrected chi connectivity index (χ3v) is 5.05. The fourth-order valence-electron chi connectivity index (χ4n) is 3.35. The normalized spacial score (nSPS) is 10.6. The molecule has 9 heteroatoms. The molecule has 0 saturated heterocycles. The van der Waals surface area contributed by atoms with Gasteiger partial charge in [-0.25, -0.2) is 9.97 Å². The lowest BCUT2D eigenvalue weighted by Crippen LogP contribution is -2.23. The van der Waals surface area contributed by atoms with Crippen molar-refractivity contribution >= 4 is 11.8 Å². The van der Waals surface area contributed by atoms with Crippen LogP contribution in [0.1, 0.15) is 32.0 Å². The first-order chi connectivity index (χ1) is 16.0. The van der Waals surface area contributed by atoms with Crippen molar-refractivity contribution in [3.8, 4) is 22.5 Å². The number of nitrogens with zero attached hydrogens (tertiary/aromatic N) is 5. The van der Waals surface area contributed by atoms with Gasteiger partial charge in [0.05, 0.1) is 11.3 Å². The molecule has 0 aliphatic heterocycles. The summed E-state index contributed by atoms with van der Waals surface area (Å²) in [4.78, 5) is 39.1. The van der Waals surface area contributed by atoms with E-state index in [0.717, 1.165) is 11.1 Å². The average molecular weight is 442 g/mol. The van der Waals surface area contributed by atoms with E-state index >= 15 is 0 Å². The Labute approximate surface area is 190 Å². The third-order valence-electron chi connectivity index (χ3n) is 5.05. The van der Waals surface area contributed by atoms with Crippen molar-refractivity contribution in [2.45, 2.75) is 13.5 Å². The molecule has 0 bridgehead atoms. The first kappa shape index (κ1) is 21.8. The second-order valence-corrected chi connectivity index (χ2v) is 7.57. The Kier molecular flexibility index (Phi) is 6.21. The molecule has 4 aromatic rings. The van der Waals surface area contributed by atoms with Gasteiger partial charge >= 0.3 is 0 Å². The maximum absolute atomic E-state index is 12.9. The highest BCUT2D eigenvalue weighted by atomic mass is 16.5. The molecule has 4 rings (SSSR count). The van der Waals surface area contributed by atoms with E-state index in [9.17, 15) is 9.59 Å². The minimum atomic E-state index is -0.286. The maximum Gasteiger partial charge on any atom is 0.257 e. The van der Waals surface area contributed by atoms with Crippen molar-refractivity contribution < 1.29 is 14.1 Å². The number of amides is 2. The zero-order valence-corrected chi connectivity index (χ0v) is 18.4. The summed E-state index contributed by atoms with van der Waals surface area (Å²) in [5, 5.41) is 6.93. The summed E-state index contributed by atoms with van der Waals surface area (Å²) in [5.74, 6) is -0.0228. The van der Waals surface area contributed by atoms with Crippen LogP contribution in [-0.4, -0.2) is 50.9 Å². The summed E-state index contributed by atoms with van der Waals surface area (Å²) in [6.45, 7) is 2.01. The molecule has 0 aliphatic carbocycles. The van der Waals surface area contributed by atoms with E-state index in [0.29, 0.717) is 40.4 Å². The van der Waals surface area contributed by atoms with E-state index in [1.807, 2.05) is 30.3 Å². The summed E-state index contributed by atoms with van der Waals surface area (Å²) < 4.78 is 5.25. The van der Waals surface area contributed by atoms with E-state index < -0.39 is 0 Å². The number of hydrogen-bond donors (Lipinski definition) is 1. The fourth-order valence-corrected chi connectivity index (χ4v) is 3.35. The largest absolute Gasteiger partial charge is 0.360 e. The zero-order valence-electron chi connectivity index (χ0n) is 18.4. The van der Waals surface area contributed by atoms with Gasteiger partial charge in [0, 0.05) is 50.4 Å². The number of aryl methyl sites for hydroxylation is 1. The van der Waals surface area contributed by atoms with E-state index in [4.69, 9.17) is 4.52 Å². The molecule has 0 aliphatic rings. The molecule has 9 nitrogen and oxygen atoms in total. The van der Waals surface area contributed by atoms with Crippen molar-refractivity contribution in [2.24, 2.45) is 0 Å². The smallest absolute Gasteiger partial charge is 0.257 e. The monoisotopic (exact) mass is 442 g/mol. The predicted octanol–water partition coefficient (Wildman–Crippen LogP) is 3.13. The molecule has 0 spiro atoms. The topological polar surface area (TPSA) is 114 Å². The molecule has 1 N–H and O–H groups in total. The first-order valence-corrected chi connectivity index (χ1v) is 10.2. The summed E-state index contributed by atoms with van der Waals surface area (Å²) in [5.41, 5.74) is 4.19. The van der Waals surface area contributed by atoms with Gasteiger partial charge in [-0.3, -0.25) is 14.6 Å². The lowest BCUT2D eigenvalue weighted by atomic mass is 10.0. The molecule has 1 aromatic carbocycles. The zero-order chi connectivity index (χ0) is 23.4. The van der Waals surface area contributed by atoms with Crippen molar-refractivity contribution in [3.63, 3.8) is 0 Å². The number of benzene rings is 1. The molecule has 3 heterocycles. The van der Waals surface area contributed by atoms with E-state index in [1.165, 1.54) is 17.4 Å². The molecule has 2 amide bonds. The Balaban J connectivity index is 1.50. The molecule has 33 heavy (non-hydrogen) atoms. The van der Waals surface area contributed by atoms with Gasteiger partial charge in [-0.15, -0.1) is 0 Å². The molecule has 0 unspecified atom stereocenters. The number of nitrogens with one attached hydrogen (secondary N) is 1. The number of aromatic nitrogens is 4. The molecule has 0 saturated carbocycles. The minimum Gasteiger partial charge on any atom is -0.360 e. The van der Waals surface area contributed by atoms with Crippen LogP contribution in [0, 0.1) is 6.92 Å². The average Bonchev–Trinajstić information content (AvgIpc) is 3.24. The maximum atomic E-state index is 12.9. The summed E-state index contributed by atoms with van der Waals surface area (Å²) in [7, 11) is 3.36. The van der Waals surface area contributed by atoms with E-state index in [2.05, 4.69) is 25.4 Å². The Morgan fingerprint density at radius 2 is 1.79 bits per heavy atom. The van der Waals surface area contributed by atoms with Crippen LogP contribution in [-0.2, 0) is 6.54 Å². The number of carbonyl (C=O) groups is 2. The van der Waals surface area contributed by atoms with Crippen LogP contribution in [0.2, 0.25) is 0 Å². The highest BCUT2D eigenvalue weighted by Gasteiger charge is 2.21. The standard InChI is InChI=1S/C24H22N6O3/c1-15-20(22(29-33-15)18-5-4-10-25-12-18)23(31)27-11-16-6-8-17(9-7-16)21-19(13-26-14-28-21)24(32)30(2)3/h4-10,12-14H,11H2,1-3H3,(H,27,31). The van der Waals surface area contributed by atoms with Crippen LogP contribution >= 0.6 is 0 Å².